The number of thioether (sulfide) groups is 1. The van der Waals surface area contributed by atoms with Crippen LogP contribution in [0.25, 0.3) is 0 Å². The highest BCUT2D eigenvalue weighted by Crippen LogP contribution is 2.31. The maximum atomic E-state index is 11.7. The van der Waals surface area contributed by atoms with Crippen molar-refractivity contribution in [2.24, 2.45) is 0 Å². The molecule has 36 heavy (non-hydrogen) atoms. The average Bonchev–Trinajstić information content (AvgIpc) is 3.29. The summed E-state index contributed by atoms with van der Waals surface area (Å²) in [5.74, 6) is -1.16. The van der Waals surface area contributed by atoms with Gasteiger partial charge in [0.05, 0.1) is 16.6 Å². The Hall–Kier alpha value is -3.56. The molecule has 1 aliphatic heterocycles. The molecule has 2 aromatic carbocycles. The minimum Gasteiger partial charge on any atom is -0.478 e. The minimum atomic E-state index is -1.26. The van der Waals surface area contributed by atoms with E-state index < -0.39 is 12.1 Å². The fourth-order valence-corrected chi connectivity index (χ4v) is 3.71. The second-order valence-electron chi connectivity index (χ2n) is 7.29. The Balaban J connectivity index is 0.000000549. The van der Waals surface area contributed by atoms with Crippen molar-refractivity contribution in [2.45, 2.75) is 37.4 Å². The zero-order valence-corrected chi connectivity index (χ0v) is 21.4. The Kier molecular flexibility index (Phi) is 16.9. The molecule has 2 aromatic rings. The molecule has 0 amide bonds. The molecule has 0 aromatic heterocycles. The van der Waals surface area contributed by atoms with Crippen LogP contribution in [-0.2, 0) is 9.47 Å². The Bertz CT molecular complexity index is 941. The van der Waals surface area contributed by atoms with Gasteiger partial charge in [-0.3, -0.25) is 0 Å². The molecule has 3 rings (SSSR count). The number of hydrogen-bond donors (Lipinski definition) is 3. The van der Waals surface area contributed by atoms with Crippen molar-refractivity contribution in [3.05, 3.63) is 96.6 Å². The molecule has 2 atom stereocenters. The summed E-state index contributed by atoms with van der Waals surface area (Å²) >= 11 is 1.48. The first kappa shape index (κ1) is 32.4. The zero-order chi connectivity index (χ0) is 27.5. The van der Waals surface area contributed by atoms with Gasteiger partial charge in [-0.05, 0) is 51.0 Å². The van der Waals surface area contributed by atoms with Crippen molar-refractivity contribution < 1.29 is 39.2 Å². The van der Waals surface area contributed by atoms with Gasteiger partial charge in [0.1, 0.15) is 13.2 Å². The van der Waals surface area contributed by atoms with Crippen LogP contribution in [0.2, 0.25) is 0 Å². The van der Waals surface area contributed by atoms with Crippen LogP contribution in [0.3, 0.4) is 0 Å². The third kappa shape index (κ3) is 14.6. The zero-order valence-electron chi connectivity index (χ0n) is 20.6. The fraction of sp³-hybridized carbons (Fsp3) is 0.296. The van der Waals surface area contributed by atoms with Crippen LogP contribution in [0.4, 0.5) is 4.79 Å². The van der Waals surface area contributed by atoms with E-state index in [1.165, 1.54) is 17.8 Å². The number of aliphatic hydroxyl groups excluding tert-OH is 1. The summed E-state index contributed by atoms with van der Waals surface area (Å²) in [5.41, 5.74) is 2.82. The van der Waals surface area contributed by atoms with E-state index in [1.807, 2.05) is 26.0 Å². The van der Waals surface area contributed by atoms with Crippen LogP contribution < -0.4 is 0 Å². The van der Waals surface area contributed by atoms with Gasteiger partial charge in [-0.25, -0.2) is 14.4 Å². The molecule has 0 spiro atoms. The Morgan fingerprint density at radius 1 is 0.917 bits per heavy atom. The summed E-state index contributed by atoms with van der Waals surface area (Å²) in [4.78, 5) is 31.5. The van der Waals surface area contributed by atoms with Crippen molar-refractivity contribution >= 4 is 29.9 Å². The highest BCUT2D eigenvalue weighted by molar-refractivity contribution is 8.00. The lowest BCUT2D eigenvalue weighted by molar-refractivity contribution is 0.0505. The smallest absolute Gasteiger partial charge is 0.478 e. The number of carbonyl (C=O) groups excluding carboxylic acids is 1. The second-order valence-corrected chi connectivity index (χ2v) is 8.77. The third-order valence-corrected chi connectivity index (χ3v) is 5.70. The largest absolute Gasteiger partial charge is 0.506 e. The average molecular weight is 519 g/mol. The number of aliphatic hydroxyl groups is 1. The molecule has 9 heteroatoms. The molecular weight excluding hydrogens is 484 g/mol. The van der Waals surface area contributed by atoms with Crippen molar-refractivity contribution in [3.63, 3.8) is 0 Å². The van der Waals surface area contributed by atoms with E-state index in [0.717, 1.165) is 24.0 Å². The lowest BCUT2D eigenvalue weighted by Gasteiger charge is -2.10. The maximum absolute atomic E-state index is 11.7. The van der Waals surface area contributed by atoms with Gasteiger partial charge in [-0.1, -0.05) is 48.0 Å². The van der Waals surface area contributed by atoms with Gasteiger partial charge in [0.15, 0.2) is 0 Å². The monoisotopic (exact) mass is 518 g/mol. The first-order valence-corrected chi connectivity index (χ1v) is 11.9. The third-order valence-electron chi connectivity index (χ3n) is 4.40. The summed E-state index contributed by atoms with van der Waals surface area (Å²) in [7, 11) is 0. The first-order valence-electron chi connectivity index (χ1n) is 11.0. The van der Waals surface area contributed by atoms with Crippen molar-refractivity contribution in [3.8, 4) is 0 Å². The summed E-state index contributed by atoms with van der Waals surface area (Å²) in [6.07, 6.45) is 1.80. The highest BCUT2D eigenvalue weighted by Gasteiger charge is 2.24. The quantitative estimate of drug-likeness (QED) is 0.324. The fourth-order valence-electron chi connectivity index (χ4n) is 2.58. The van der Waals surface area contributed by atoms with E-state index in [2.05, 4.69) is 24.5 Å². The standard InChI is InChI=1S/C13H16O3S.C8H8O2.C4H6O3.C2H4/c1-9-2-4-10(5-3-9)13(15)16-8-11-6-7-12(14)17-11;1-6-2-4-7(5-3-6)8(9)10;1-2-3-7-4(5)6;1-2/h2-5,11-12,14H,6-8H2,1H3;2-5H,1H3,(H,9,10);2H,1,3H2,(H,5,6);1-2H2/t11-,12?;;;/m0.../s1. The molecule has 196 valence electrons. The molecule has 1 aliphatic rings. The first-order chi connectivity index (χ1) is 17.1. The van der Waals surface area contributed by atoms with Gasteiger partial charge >= 0.3 is 18.1 Å². The van der Waals surface area contributed by atoms with E-state index >= 15 is 0 Å². The SMILES string of the molecule is C=C.C=CCOC(=O)O.Cc1ccc(C(=O)O)cc1.Cc1ccc(C(=O)OC[C@@H]2CCC(O)S2)cc1. The predicted octanol–water partition coefficient (Wildman–Crippen LogP) is 5.73. The molecule has 1 unspecified atom stereocenters. The Labute approximate surface area is 216 Å². The van der Waals surface area contributed by atoms with Crippen LogP contribution in [0, 0.1) is 13.8 Å². The number of hydrogen-bond acceptors (Lipinski definition) is 7. The molecule has 0 bridgehead atoms. The summed E-state index contributed by atoms with van der Waals surface area (Å²) in [6, 6.07) is 14.1. The molecule has 3 N–H and O–H groups in total. The van der Waals surface area contributed by atoms with Crippen LogP contribution in [0.1, 0.15) is 44.7 Å². The molecule has 0 aliphatic carbocycles. The van der Waals surface area contributed by atoms with Crippen LogP contribution >= 0.6 is 11.8 Å². The van der Waals surface area contributed by atoms with Gasteiger partial charge in [0, 0.05) is 5.25 Å². The van der Waals surface area contributed by atoms with Crippen molar-refractivity contribution in [2.75, 3.05) is 13.2 Å². The highest BCUT2D eigenvalue weighted by atomic mass is 32.2. The number of carbonyl (C=O) groups is 3. The van der Waals surface area contributed by atoms with Gasteiger partial charge in [0.2, 0.25) is 0 Å². The minimum absolute atomic E-state index is 0.0648. The molecular formula is C27H34O8S. The topological polar surface area (TPSA) is 130 Å². The van der Waals surface area contributed by atoms with Gasteiger partial charge in [0.25, 0.3) is 0 Å². The normalized spacial score (nSPS) is 15.3. The molecule has 1 heterocycles. The number of carboxylic acids is 1. The molecule has 0 saturated carbocycles. The number of ether oxygens (including phenoxy) is 2. The Morgan fingerprint density at radius 3 is 1.78 bits per heavy atom. The number of aryl methyl sites for hydroxylation is 2. The van der Waals surface area contributed by atoms with Crippen LogP contribution in [0.5, 0.6) is 0 Å². The summed E-state index contributed by atoms with van der Waals surface area (Å²) in [5, 5.41) is 25.8. The molecule has 1 fully saturated rings. The van der Waals surface area contributed by atoms with E-state index in [1.54, 1.807) is 36.4 Å². The van der Waals surface area contributed by atoms with Crippen molar-refractivity contribution in [1.29, 1.82) is 0 Å². The Morgan fingerprint density at radius 2 is 1.42 bits per heavy atom. The van der Waals surface area contributed by atoms with E-state index in [0.29, 0.717) is 17.7 Å². The summed E-state index contributed by atoms with van der Waals surface area (Å²) < 4.78 is 9.22. The van der Waals surface area contributed by atoms with Crippen LogP contribution in [0.15, 0.2) is 74.3 Å². The number of aromatic carboxylic acids is 1. The number of esters is 1. The van der Waals surface area contributed by atoms with Crippen LogP contribution in [-0.4, -0.2) is 57.3 Å². The molecule has 8 nitrogen and oxygen atoms in total. The molecule has 1 saturated heterocycles. The van der Waals surface area contributed by atoms with Crippen molar-refractivity contribution in [1.82, 2.24) is 0 Å². The summed E-state index contributed by atoms with van der Waals surface area (Å²) in [6.45, 7) is 13.6. The van der Waals surface area contributed by atoms with E-state index in [4.69, 9.17) is 14.9 Å². The van der Waals surface area contributed by atoms with Gasteiger partial charge < -0.3 is 24.8 Å². The maximum Gasteiger partial charge on any atom is 0.506 e. The number of carboxylic acid groups (broad SMARTS) is 2. The second kappa shape index (κ2) is 18.7. The van der Waals surface area contributed by atoms with E-state index in [9.17, 15) is 19.5 Å². The predicted molar refractivity (Wildman–Crippen MR) is 142 cm³/mol. The lowest BCUT2D eigenvalue weighted by atomic mass is 10.1. The molecule has 0 radical (unpaired) electrons. The van der Waals surface area contributed by atoms with Gasteiger partial charge in [-0.2, -0.15) is 0 Å². The number of rotatable bonds is 6. The lowest BCUT2D eigenvalue weighted by Crippen LogP contribution is -2.14. The van der Waals surface area contributed by atoms with Gasteiger partial charge in [-0.15, -0.1) is 24.9 Å². The number of benzene rings is 2. The van der Waals surface area contributed by atoms with E-state index in [-0.39, 0.29) is 23.3 Å².